The highest BCUT2D eigenvalue weighted by Crippen LogP contribution is 2.22. The summed E-state index contributed by atoms with van der Waals surface area (Å²) in [7, 11) is 0. The summed E-state index contributed by atoms with van der Waals surface area (Å²) in [6.45, 7) is 9.14. The van der Waals surface area contributed by atoms with Crippen LogP contribution in [0.25, 0.3) is 0 Å². The molecular formula is C28H36FN5O3. The summed E-state index contributed by atoms with van der Waals surface area (Å²) >= 11 is 0. The zero-order valence-electron chi connectivity index (χ0n) is 21.8. The Hall–Kier alpha value is -3.33. The molecule has 198 valence electrons. The lowest BCUT2D eigenvalue weighted by molar-refractivity contribution is 0.0627. The number of hydrogen-bond donors (Lipinski definition) is 2. The highest BCUT2D eigenvalue weighted by atomic mass is 19.1. The van der Waals surface area contributed by atoms with Gasteiger partial charge in [0.25, 0.3) is 5.91 Å². The first-order valence-corrected chi connectivity index (χ1v) is 12.9. The molecule has 1 aromatic carbocycles. The number of nitrogens with one attached hydrogen (secondary N) is 2. The maximum Gasteiger partial charge on any atom is 0.319 e. The number of carbonyl (C=O) groups is 3. The standard InChI is InChI=1S/C28H36FN5O3/c1-28(2,3)17-25(35)24-15-19(9-10-30-24)18-33-11-13-34(14-12-33)26(36)20-7-8-23(22(29)16-20)32-27(37)31-21-5-4-6-21/h7-10,15-16,21H,4-6,11-14,17-18H2,1-3H3,(H2,31,32,37). The minimum atomic E-state index is -0.636. The number of Topliss-reactive ketones (excluding diaryl/α,β-unsaturated/α-hetero) is 1. The molecule has 1 aromatic heterocycles. The van der Waals surface area contributed by atoms with Gasteiger partial charge in [0.1, 0.15) is 11.5 Å². The molecule has 37 heavy (non-hydrogen) atoms. The van der Waals surface area contributed by atoms with Gasteiger partial charge in [-0.15, -0.1) is 0 Å². The number of carbonyl (C=O) groups excluding carboxylic acids is 3. The molecule has 0 spiro atoms. The highest BCUT2D eigenvalue weighted by Gasteiger charge is 2.24. The molecule has 1 aliphatic heterocycles. The van der Waals surface area contributed by atoms with Crippen LogP contribution in [0.5, 0.6) is 0 Å². The van der Waals surface area contributed by atoms with Crippen LogP contribution in [0.2, 0.25) is 0 Å². The van der Waals surface area contributed by atoms with Crippen molar-refractivity contribution in [3.05, 3.63) is 59.2 Å². The van der Waals surface area contributed by atoms with Crippen LogP contribution in [0.4, 0.5) is 14.9 Å². The van der Waals surface area contributed by atoms with Crippen LogP contribution >= 0.6 is 0 Å². The van der Waals surface area contributed by atoms with Gasteiger partial charge in [0, 0.05) is 56.9 Å². The fraction of sp³-hybridized carbons (Fsp3) is 0.500. The Labute approximate surface area is 217 Å². The third-order valence-electron chi connectivity index (χ3n) is 6.77. The number of halogens is 1. The van der Waals surface area contributed by atoms with Gasteiger partial charge < -0.3 is 15.5 Å². The average Bonchev–Trinajstić information content (AvgIpc) is 2.82. The molecule has 2 aromatic rings. The number of ketones is 1. The number of benzene rings is 1. The molecule has 4 rings (SSSR count). The van der Waals surface area contributed by atoms with E-state index in [4.69, 9.17) is 0 Å². The minimum absolute atomic E-state index is 0.0391. The fourth-order valence-electron chi connectivity index (χ4n) is 4.49. The van der Waals surface area contributed by atoms with Crippen molar-refractivity contribution in [3.8, 4) is 0 Å². The zero-order chi connectivity index (χ0) is 26.6. The second-order valence-corrected chi connectivity index (χ2v) is 11.2. The Kier molecular flexibility index (Phi) is 8.22. The third kappa shape index (κ3) is 7.35. The maximum absolute atomic E-state index is 14.6. The van der Waals surface area contributed by atoms with Crippen LogP contribution in [0.1, 0.15) is 72.9 Å². The zero-order valence-corrected chi connectivity index (χ0v) is 21.8. The van der Waals surface area contributed by atoms with E-state index in [-0.39, 0.29) is 34.4 Å². The molecule has 0 unspecified atom stereocenters. The number of piperazine rings is 1. The van der Waals surface area contributed by atoms with Crippen LogP contribution in [-0.4, -0.2) is 64.7 Å². The van der Waals surface area contributed by atoms with Crippen LogP contribution in [-0.2, 0) is 6.54 Å². The fourth-order valence-corrected chi connectivity index (χ4v) is 4.49. The number of anilines is 1. The normalized spacial score (nSPS) is 16.7. The van der Waals surface area contributed by atoms with E-state index in [0.717, 1.165) is 24.8 Å². The van der Waals surface area contributed by atoms with Crippen molar-refractivity contribution in [2.45, 2.75) is 59.0 Å². The van der Waals surface area contributed by atoms with E-state index in [1.807, 2.05) is 32.9 Å². The molecule has 1 aliphatic carbocycles. The topological polar surface area (TPSA) is 94.6 Å². The predicted octanol–water partition coefficient (Wildman–Crippen LogP) is 4.47. The summed E-state index contributed by atoms with van der Waals surface area (Å²) in [5, 5.41) is 5.33. The van der Waals surface area contributed by atoms with Crippen molar-refractivity contribution in [1.29, 1.82) is 0 Å². The average molecular weight is 510 g/mol. The van der Waals surface area contributed by atoms with E-state index in [0.29, 0.717) is 44.8 Å². The van der Waals surface area contributed by atoms with E-state index >= 15 is 0 Å². The lowest BCUT2D eigenvalue weighted by atomic mass is 9.89. The smallest absolute Gasteiger partial charge is 0.319 e. The molecule has 0 bridgehead atoms. The van der Waals surface area contributed by atoms with Crippen molar-refractivity contribution >= 4 is 23.4 Å². The molecule has 2 N–H and O–H groups in total. The summed E-state index contributed by atoms with van der Waals surface area (Å²) in [5.74, 6) is -0.831. The summed E-state index contributed by atoms with van der Waals surface area (Å²) in [4.78, 5) is 45.7. The molecule has 3 amide bonds. The summed E-state index contributed by atoms with van der Waals surface area (Å²) in [6.07, 6.45) is 5.09. The maximum atomic E-state index is 14.6. The monoisotopic (exact) mass is 509 g/mol. The van der Waals surface area contributed by atoms with E-state index in [9.17, 15) is 18.8 Å². The van der Waals surface area contributed by atoms with Crippen molar-refractivity contribution in [2.24, 2.45) is 5.41 Å². The van der Waals surface area contributed by atoms with E-state index in [1.54, 1.807) is 17.2 Å². The quantitative estimate of drug-likeness (QED) is 0.537. The molecule has 0 radical (unpaired) electrons. The van der Waals surface area contributed by atoms with E-state index in [1.165, 1.54) is 12.1 Å². The van der Waals surface area contributed by atoms with Crippen molar-refractivity contribution < 1.29 is 18.8 Å². The van der Waals surface area contributed by atoms with Gasteiger partial charge in [-0.1, -0.05) is 20.8 Å². The first-order valence-electron chi connectivity index (χ1n) is 12.9. The molecule has 1 saturated heterocycles. The lowest BCUT2D eigenvalue weighted by Gasteiger charge is -2.35. The summed E-state index contributed by atoms with van der Waals surface area (Å²) in [6, 6.07) is 7.65. The number of aromatic nitrogens is 1. The van der Waals surface area contributed by atoms with Crippen LogP contribution in [0.15, 0.2) is 36.5 Å². The van der Waals surface area contributed by atoms with Crippen molar-refractivity contribution in [1.82, 2.24) is 20.1 Å². The molecule has 9 heteroatoms. The SMILES string of the molecule is CC(C)(C)CC(=O)c1cc(CN2CCN(C(=O)c3ccc(NC(=O)NC4CCC4)c(F)c3)CC2)ccn1. The summed E-state index contributed by atoms with van der Waals surface area (Å²) < 4.78 is 14.6. The summed E-state index contributed by atoms with van der Waals surface area (Å²) in [5.41, 5.74) is 1.71. The van der Waals surface area contributed by atoms with Gasteiger partial charge in [0.15, 0.2) is 5.78 Å². The number of rotatable bonds is 7. The Morgan fingerprint density at radius 3 is 2.41 bits per heavy atom. The molecule has 2 aliphatic rings. The van der Waals surface area contributed by atoms with Crippen molar-refractivity contribution in [2.75, 3.05) is 31.5 Å². The minimum Gasteiger partial charge on any atom is -0.336 e. The molecule has 2 heterocycles. The van der Waals surface area contributed by atoms with Crippen LogP contribution < -0.4 is 10.6 Å². The molecular weight excluding hydrogens is 473 g/mol. The van der Waals surface area contributed by atoms with Gasteiger partial charge in [-0.25, -0.2) is 9.18 Å². The van der Waals surface area contributed by atoms with Crippen LogP contribution in [0.3, 0.4) is 0 Å². The first kappa shape index (κ1) is 26.7. The highest BCUT2D eigenvalue weighted by molar-refractivity contribution is 5.96. The van der Waals surface area contributed by atoms with Crippen molar-refractivity contribution in [3.63, 3.8) is 0 Å². The van der Waals surface area contributed by atoms with E-state index < -0.39 is 11.8 Å². The van der Waals surface area contributed by atoms with Gasteiger partial charge in [0.2, 0.25) is 0 Å². The number of hydrogen-bond acceptors (Lipinski definition) is 5. The molecule has 8 nitrogen and oxygen atoms in total. The number of nitrogens with zero attached hydrogens (tertiary/aromatic N) is 3. The van der Waals surface area contributed by atoms with Gasteiger partial charge in [-0.3, -0.25) is 19.5 Å². The predicted molar refractivity (Wildman–Crippen MR) is 140 cm³/mol. The second-order valence-electron chi connectivity index (χ2n) is 11.2. The van der Waals surface area contributed by atoms with Gasteiger partial charge in [0.05, 0.1) is 5.69 Å². The van der Waals surface area contributed by atoms with Gasteiger partial charge >= 0.3 is 6.03 Å². The second kappa shape index (κ2) is 11.4. The Bertz CT molecular complexity index is 1150. The van der Waals surface area contributed by atoms with Crippen LogP contribution in [0, 0.1) is 11.2 Å². The number of urea groups is 1. The van der Waals surface area contributed by atoms with Gasteiger partial charge in [-0.05, 0) is 60.6 Å². The first-order chi connectivity index (χ1) is 17.6. The van der Waals surface area contributed by atoms with E-state index in [2.05, 4.69) is 20.5 Å². The Morgan fingerprint density at radius 1 is 1.05 bits per heavy atom. The van der Waals surface area contributed by atoms with Gasteiger partial charge in [-0.2, -0.15) is 0 Å². The lowest BCUT2D eigenvalue weighted by Crippen LogP contribution is -2.48. The number of amides is 3. The number of pyridine rings is 1. The molecule has 2 fully saturated rings. The largest absolute Gasteiger partial charge is 0.336 e. The molecule has 0 atom stereocenters. The Morgan fingerprint density at radius 2 is 1.78 bits per heavy atom. The molecule has 1 saturated carbocycles. The third-order valence-corrected chi connectivity index (χ3v) is 6.77. The Balaban J connectivity index is 1.28.